The van der Waals surface area contributed by atoms with E-state index in [2.05, 4.69) is 36.4 Å². The Morgan fingerprint density at radius 1 is 1.06 bits per heavy atom. The van der Waals surface area contributed by atoms with Crippen molar-refractivity contribution in [1.29, 1.82) is 0 Å². The monoisotopic (exact) mass is 453 g/mol. The third kappa shape index (κ3) is 4.90. The molecule has 5 heteroatoms. The second kappa shape index (κ2) is 9.57. The molecule has 5 rings (SSSR count). The Kier molecular flexibility index (Phi) is 6.19. The number of hydrogen-bond donors (Lipinski definition) is 2. The summed E-state index contributed by atoms with van der Waals surface area (Å²) in [5.41, 5.74) is 12.6. The van der Waals surface area contributed by atoms with Gasteiger partial charge in [0.05, 0.1) is 12.7 Å². The quantitative estimate of drug-likeness (QED) is 0.316. The highest BCUT2D eigenvalue weighted by Crippen LogP contribution is 2.35. The second-order valence-corrected chi connectivity index (χ2v) is 8.77. The molecule has 0 saturated heterocycles. The molecule has 3 N–H and O–H groups in total. The molecular weight excluding hydrogens is 426 g/mol. The minimum atomic E-state index is -0.888. The molecule has 4 aromatic rings. The second-order valence-electron chi connectivity index (χ2n) is 8.77. The van der Waals surface area contributed by atoms with Crippen molar-refractivity contribution in [3.63, 3.8) is 0 Å². The van der Waals surface area contributed by atoms with Crippen LogP contribution in [0, 0.1) is 5.92 Å². The Hall–Kier alpha value is -3.83. The summed E-state index contributed by atoms with van der Waals surface area (Å²) in [4.78, 5) is 11.2. The highest BCUT2D eigenvalue weighted by Gasteiger charge is 2.18. The standard InChI is InChI=1S/C29H27NO4/c30-16-20-4-3-6-21(12-20)24-13-23(11-10-19-8-9-19)29-26(14-24)25(18-34-29)17-33-27-7-2-1-5-22(27)15-28(31)32/h1-7,10-14,18-19H,8-9,15-17,30H2,(H,31,32). The van der Waals surface area contributed by atoms with Crippen LogP contribution in [0.25, 0.3) is 28.2 Å². The van der Waals surface area contributed by atoms with E-state index in [0.717, 1.165) is 38.8 Å². The number of para-hydroxylation sites is 1. The molecule has 1 aliphatic rings. The molecule has 5 nitrogen and oxygen atoms in total. The van der Waals surface area contributed by atoms with E-state index in [1.165, 1.54) is 12.8 Å². The Morgan fingerprint density at radius 3 is 2.71 bits per heavy atom. The zero-order valence-electron chi connectivity index (χ0n) is 18.9. The number of carbonyl (C=O) groups is 1. The number of nitrogens with two attached hydrogens (primary N) is 1. The van der Waals surface area contributed by atoms with E-state index in [-0.39, 0.29) is 13.0 Å². The molecule has 0 unspecified atom stereocenters. The molecule has 1 heterocycles. The fourth-order valence-electron chi connectivity index (χ4n) is 4.13. The number of furan rings is 1. The molecule has 0 aliphatic heterocycles. The van der Waals surface area contributed by atoms with Gasteiger partial charge in [-0.3, -0.25) is 4.79 Å². The van der Waals surface area contributed by atoms with E-state index in [9.17, 15) is 9.90 Å². The zero-order valence-corrected chi connectivity index (χ0v) is 18.9. The maximum absolute atomic E-state index is 11.2. The summed E-state index contributed by atoms with van der Waals surface area (Å²) in [6.07, 6.45) is 8.55. The highest BCUT2D eigenvalue weighted by molar-refractivity contribution is 5.93. The van der Waals surface area contributed by atoms with Crippen LogP contribution < -0.4 is 10.5 Å². The van der Waals surface area contributed by atoms with Crippen LogP contribution in [-0.4, -0.2) is 11.1 Å². The number of allylic oxidation sites excluding steroid dienone is 1. The number of rotatable bonds is 9. The van der Waals surface area contributed by atoms with Crippen LogP contribution in [0.3, 0.4) is 0 Å². The minimum Gasteiger partial charge on any atom is -0.488 e. The first-order valence-corrected chi connectivity index (χ1v) is 11.5. The van der Waals surface area contributed by atoms with Crippen LogP contribution in [0.4, 0.5) is 0 Å². The molecule has 0 spiro atoms. The van der Waals surface area contributed by atoms with Crippen molar-refractivity contribution in [3.8, 4) is 16.9 Å². The van der Waals surface area contributed by atoms with Crippen LogP contribution in [0.2, 0.25) is 0 Å². The molecule has 172 valence electrons. The summed E-state index contributed by atoms with van der Waals surface area (Å²) in [7, 11) is 0. The number of carboxylic acids is 1. The van der Waals surface area contributed by atoms with Gasteiger partial charge in [0.2, 0.25) is 0 Å². The lowest BCUT2D eigenvalue weighted by atomic mass is 9.97. The fraction of sp³-hybridized carbons (Fsp3) is 0.207. The first-order chi connectivity index (χ1) is 16.6. The third-order valence-electron chi connectivity index (χ3n) is 6.15. The first kappa shape index (κ1) is 22.0. The van der Waals surface area contributed by atoms with Gasteiger partial charge in [0, 0.05) is 28.6 Å². The molecule has 34 heavy (non-hydrogen) atoms. The lowest BCUT2D eigenvalue weighted by Crippen LogP contribution is -2.04. The first-order valence-electron chi connectivity index (χ1n) is 11.5. The molecule has 1 fully saturated rings. The number of aliphatic carboxylic acids is 1. The van der Waals surface area contributed by atoms with Gasteiger partial charge in [-0.2, -0.15) is 0 Å². The summed E-state index contributed by atoms with van der Waals surface area (Å²) in [6, 6.07) is 19.8. The molecule has 0 atom stereocenters. The fourth-order valence-corrected chi connectivity index (χ4v) is 4.13. The van der Waals surface area contributed by atoms with Crippen LogP contribution >= 0.6 is 0 Å². The van der Waals surface area contributed by atoms with E-state index in [0.29, 0.717) is 23.8 Å². The molecule has 1 aliphatic carbocycles. The van der Waals surface area contributed by atoms with Gasteiger partial charge in [-0.1, -0.05) is 48.6 Å². The maximum Gasteiger partial charge on any atom is 0.307 e. The summed E-state index contributed by atoms with van der Waals surface area (Å²) in [5, 5.41) is 10.2. The Labute approximate surface area is 198 Å². The van der Waals surface area contributed by atoms with Crippen molar-refractivity contribution >= 4 is 23.0 Å². The largest absolute Gasteiger partial charge is 0.488 e. The average molecular weight is 454 g/mol. The van der Waals surface area contributed by atoms with Crippen molar-refractivity contribution in [2.75, 3.05) is 0 Å². The van der Waals surface area contributed by atoms with Gasteiger partial charge >= 0.3 is 5.97 Å². The maximum atomic E-state index is 11.2. The van der Waals surface area contributed by atoms with Gasteiger partial charge in [0.15, 0.2) is 0 Å². The van der Waals surface area contributed by atoms with Crippen molar-refractivity contribution in [2.45, 2.75) is 32.4 Å². The molecule has 0 amide bonds. The van der Waals surface area contributed by atoms with Crippen LogP contribution in [0.15, 0.2) is 77.4 Å². The Bertz CT molecular complexity index is 1360. The number of hydrogen-bond acceptors (Lipinski definition) is 4. The van der Waals surface area contributed by atoms with Gasteiger partial charge in [-0.05, 0) is 59.7 Å². The van der Waals surface area contributed by atoms with E-state index in [1.807, 2.05) is 24.3 Å². The zero-order chi connectivity index (χ0) is 23.5. The molecule has 1 saturated carbocycles. The van der Waals surface area contributed by atoms with Crippen molar-refractivity contribution in [2.24, 2.45) is 11.7 Å². The normalized spacial score (nSPS) is 13.6. The van der Waals surface area contributed by atoms with Crippen LogP contribution in [0.1, 0.15) is 35.1 Å². The average Bonchev–Trinajstić information content (AvgIpc) is 3.59. The van der Waals surface area contributed by atoms with Gasteiger partial charge < -0.3 is 20.0 Å². The molecule has 1 aromatic heterocycles. The summed E-state index contributed by atoms with van der Waals surface area (Å²) in [5.74, 6) is 0.337. The lowest BCUT2D eigenvalue weighted by molar-refractivity contribution is -0.136. The Balaban J connectivity index is 1.52. The van der Waals surface area contributed by atoms with Gasteiger partial charge in [0.25, 0.3) is 0 Å². The number of benzene rings is 3. The topological polar surface area (TPSA) is 85.7 Å². The minimum absolute atomic E-state index is 0.0833. The molecule has 0 bridgehead atoms. The van der Waals surface area contributed by atoms with Crippen molar-refractivity contribution in [3.05, 3.63) is 95.3 Å². The van der Waals surface area contributed by atoms with Crippen LogP contribution in [0.5, 0.6) is 5.75 Å². The van der Waals surface area contributed by atoms with Gasteiger partial charge in [0.1, 0.15) is 17.9 Å². The van der Waals surface area contributed by atoms with Crippen molar-refractivity contribution < 1.29 is 19.1 Å². The van der Waals surface area contributed by atoms with Gasteiger partial charge in [-0.25, -0.2) is 0 Å². The summed E-state index contributed by atoms with van der Waals surface area (Å²) >= 11 is 0. The smallest absolute Gasteiger partial charge is 0.307 e. The van der Waals surface area contributed by atoms with E-state index >= 15 is 0 Å². The number of carboxylic acid groups (broad SMARTS) is 1. The number of ether oxygens (including phenoxy) is 1. The van der Waals surface area contributed by atoms with E-state index in [1.54, 1.807) is 18.4 Å². The summed E-state index contributed by atoms with van der Waals surface area (Å²) in [6.45, 7) is 0.771. The highest BCUT2D eigenvalue weighted by atomic mass is 16.5. The van der Waals surface area contributed by atoms with Gasteiger partial charge in [-0.15, -0.1) is 0 Å². The number of fused-ring (bicyclic) bond motifs is 1. The van der Waals surface area contributed by atoms with Crippen LogP contribution in [-0.2, 0) is 24.4 Å². The van der Waals surface area contributed by atoms with E-state index in [4.69, 9.17) is 14.9 Å². The molecular formula is C29H27NO4. The third-order valence-corrected chi connectivity index (χ3v) is 6.15. The lowest BCUT2D eigenvalue weighted by Gasteiger charge is -2.10. The van der Waals surface area contributed by atoms with Crippen molar-refractivity contribution in [1.82, 2.24) is 0 Å². The SMILES string of the molecule is NCc1cccc(-c2cc(C=CC3CC3)c3occ(COc4ccccc4CC(=O)O)c3c2)c1. The molecule has 3 aromatic carbocycles. The predicted molar refractivity (Wildman–Crippen MR) is 133 cm³/mol. The predicted octanol–water partition coefficient (Wildman–Crippen LogP) is 6.19. The molecule has 0 radical (unpaired) electrons. The van der Waals surface area contributed by atoms with E-state index < -0.39 is 5.97 Å². The Morgan fingerprint density at radius 2 is 1.91 bits per heavy atom. The summed E-state index contributed by atoms with van der Waals surface area (Å²) < 4.78 is 12.1.